The van der Waals surface area contributed by atoms with Gasteiger partial charge in [-0.1, -0.05) is 12.1 Å². The predicted molar refractivity (Wildman–Crippen MR) is 62.9 cm³/mol. The van der Waals surface area contributed by atoms with Crippen LogP contribution in [0.15, 0.2) is 24.3 Å². The first kappa shape index (κ1) is 12.5. The Balaban J connectivity index is 2.77. The van der Waals surface area contributed by atoms with Gasteiger partial charge in [-0.3, -0.25) is 4.79 Å². The molecule has 0 aromatic heterocycles. The Morgan fingerprint density at radius 3 is 2.69 bits per heavy atom. The number of nitrogens with two attached hydrogens (primary N) is 2. The van der Waals surface area contributed by atoms with Gasteiger partial charge >= 0.3 is 0 Å². The highest BCUT2D eigenvalue weighted by Crippen LogP contribution is 2.20. The van der Waals surface area contributed by atoms with Crippen LogP contribution in [-0.4, -0.2) is 12.0 Å². The first-order valence-corrected chi connectivity index (χ1v) is 5.29. The van der Waals surface area contributed by atoms with Crippen LogP contribution in [-0.2, 0) is 4.79 Å². The minimum atomic E-state index is -0.400. The summed E-state index contributed by atoms with van der Waals surface area (Å²) in [6.45, 7) is 3.91. The fourth-order valence-corrected chi connectivity index (χ4v) is 1.43. The van der Waals surface area contributed by atoms with Crippen LogP contribution in [0, 0.1) is 0 Å². The molecule has 4 nitrogen and oxygen atoms in total. The number of hydrogen-bond acceptors (Lipinski definition) is 3. The fourth-order valence-electron chi connectivity index (χ4n) is 1.43. The highest BCUT2D eigenvalue weighted by atomic mass is 16.5. The van der Waals surface area contributed by atoms with Crippen LogP contribution in [0.5, 0.6) is 5.75 Å². The molecule has 0 aliphatic heterocycles. The van der Waals surface area contributed by atoms with E-state index in [1.165, 1.54) is 0 Å². The van der Waals surface area contributed by atoms with E-state index in [9.17, 15) is 4.79 Å². The lowest BCUT2D eigenvalue weighted by atomic mass is 10.0. The van der Waals surface area contributed by atoms with Crippen LogP contribution in [0.3, 0.4) is 0 Å². The predicted octanol–water partition coefficient (Wildman–Crippen LogP) is 1.35. The van der Waals surface area contributed by atoms with Gasteiger partial charge in [0.05, 0.1) is 6.10 Å². The van der Waals surface area contributed by atoms with Crippen molar-refractivity contribution in [2.75, 3.05) is 0 Å². The summed E-state index contributed by atoms with van der Waals surface area (Å²) in [5, 5.41) is 0. The van der Waals surface area contributed by atoms with Gasteiger partial charge in [-0.05, 0) is 31.5 Å². The van der Waals surface area contributed by atoms with E-state index in [-0.39, 0.29) is 18.6 Å². The molecule has 0 bridgehead atoms. The molecule has 0 radical (unpaired) electrons. The monoisotopic (exact) mass is 222 g/mol. The average molecular weight is 222 g/mol. The Kier molecular flexibility index (Phi) is 4.31. The van der Waals surface area contributed by atoms with Crippen molar-refractivity contribution in [3.63, 3.8) is 0 Å². The number of primary amides is 1. The van der Waals surface area contributed by atoms with E-state index in [0.29, 0.717) is 0 Å². The third-order valence-electron chi connectivity index (χ3n) is 2.08. The van der Waals surface area contributed by atoms with Gasteiger partial charge in [0.25, 0.3) is 0 Å². The molecular weight excluding hydrogens is 204 g/mol. The smallest absolute Gasteiger partial charge is 0.219 e. The SMILES string of the molecule is CC(C)Oc1cccc(C(N)CC(N)=O)c1. The van der Waals surface area contributed by atoms with Crippen molar-refractivity contribution in [1.29, 1.82) is 0 Å². The topological polar surface area (TPSA) is 78.3 Å². The zero-order chi connectivity index (χ0) is 12.1. The van der Waals surface area contributed by atoms with Gasteiger partial charge in [-0.25, -0.2) is 0 Å². The Morgan fingerprint density at radius 2 is 2.12 bits per heavy atom. The van der Waals surface area contributed by atoms with Gasteiger partial charge in [0, 0.05) is 12.5 Å². The van der Waals surface area contributed by atoms with Gasteiger partial charge in [0.1, 0.15) is 5.75 Å². The van der Waals surface area contributed by atoms with Crippen molar-refractivity contribution in [3.05, 3.63) is 29.8 Å². The molecule has 1 aromatic rings. The van der Waals surface area contributed by atoms with E-state index in [1.54, 1.807) is 0 Å². The number of carbonyl (C=O) groups is 1. The first-order valence-electron chi connectivity index (χ1n) is 5.29. The van der Waals surface area contributed by atoms with Crippen molar-refractivity contribution < 1.29 is 9.53 Å². The lowest BCUT2D eigenvalue weighted by Gasteiger charge is -2.14. The second-order valence-corrected chi connectivity index (χ2v) is 4.02. The molecule has 1 atom stereocenters. The number of ether oxygens (including phenoxy) is 1. The quantitative estimate of drug-likeness (QED) is 0.789. The van der Waals surface area contributed by atoms with Gasteiger partial charge in [-0.15, -0.1) is 0 Å². The number of benzene rings is 1. The number of carbonyl (C=O) groups excluding carboxylic acids is 1. The molecule has 0 aliphatic rings. The minimum Gasteiger partial charge on any atom is -0.491 e. The van der Waals surface area contributed by atoms with E-state index in [0.717, 1.165) is 11.3 Å². The number of amides is 1. The van der Waals surface area contributed by atoms with Gasteiger partial charge < -0.3 is 16.2 Å². The van der Waals surface area contributed by atoms with Crippen molar-refractivity contribution in [1.82, 2.24) is 0 Å². The van der Waals surface area contributed by atoms with Crippen LogP contribution >= 0.6 is 0 Å². The van der Waals surface area contributed by atoms with Crippen molar-refractivity contribution in [2.45, 2.75) is 32.4 Å². The van der Waals surface area contributed by atoms with Crippen LogP contribution < -0.4 is 16.2 Å². The lowest BCUT2D eigenvalue weighted by Crippen LogP contribution is -2.20. The molecular formula is C12H18N2O2. The maximum Gasteiger partial charge on any atom is 0.219 e. The number of hydrogen-bond donors (Lipinski definition) is 2. The third-order valence-corrected chi connectivity index (χ3v) is 2.08. The molecule has 0 fully saturated rings. The van der Waals surface area contributed by atoms with Gasteiger partial charge in [-0.2, -0.15) is 0 Å². The van der Waals surface area contributed by atoms with E-state index >= 15 is 0 Å². The molecule has 4 N–H and O–H groups in total. The summed E-state index contributed by atoms with van der Waals surface area (Å²) in [5.41, 5.74) is 11.8. The maximum absolute atomic E-state index is 10.8. The summed E-state index contributed by atoms with van der Waals surface area (Å²) in [4.78, 5) is 10.8. The lowest BCUT2D eigenvalue weighted by molar-refractivity contribution is -0.118. The summed E-state index contributed by atoms with van der Waals surface area (Å²) in [6, 6.07) is 7.05. The summed E-state index contributed by atoms with van der Waals surface area (Å²) < 4.78 is 5.54. The molecule has 88 valence electrons. The van der Waals surface area contributed by atoms with Gasteiger partial charge in [0.2, 0.25) is 5.91 Å². The molecule has 1 unspecified atom stereocenters. The molecule has 1 rings (SSSR count). The largest absolute Gasteiger partial charge is 0.491 e. The first-order chi connectivity index (χ1) is 7.49. The molecule has 1 amide bonds. The molecule has 0 heterocycles. The van der Waals surface area contributed by atoms with Gasteiger partial charge in [0.15, 0.2) is 0 Å². The Hall–Kier alpha value is -1.55. The highest BCUT2D eigenvalue weighted by Gasteiger charge is 2.10. The summed E-state index contributed by atoms with van der Waals surface area (Å²) >= 11 is 0. The second-order valence-electron chi connectivity index (χ2n) is 4.02. The molecule has 0 saturated carbocycles. The third kappa shape index (κ3) is 3.90. The molecule has 0 aliphatic carbocycles. The van der Waals surface area contributed by atoms with Crippen molar-refractivity contribution >= 4 is 5.91 Å². The Bertz CT molecular complexity index is 364. The normalized spacial score (nSPS) is 12.5. The van der Waals surface area contributed by atoms with Crippen molar-refractivity contribution in [3.8, 4) is 5.75 Å². The zero-order valence-electron chi connectivity index (χ0n) is 9.64. The Morgan fingerprint density at radius 1 is 1.44 bits per heavy atom. The van der Waals surface area contributed by atoms with E-state index in [1.807, 2.05) is 38.1 Å². The molecule has 0 spiro atoms. The zero-order valence-corrected chi connectivity index (χ0v) is 9.64. The summed E-state index contributed by atoms with van der Waals surface area (Å²) in [5.74, 6) is 0.357. The molecule has 0 saturated heterocycles. The van der Waals surface area contributed by atoms with E-state index < -0.39 is 5.91 Å². The van der Waals surface area contributed by atoms with Crippen LogP contribution in [0.4, 0.5) is 0 Å². The minimum absolute atomic E-state index is 0.114. The van der Waals surface area contributed by atoms with E-state index in [2.05, 4.69) is 0 Å². The average Bonchev–Trinajstić information content (AvgIpc) is 2.16. The summed E-state index contributed by atoms with van der Waals surface area (Å²) in [7, 11) is 0. The summed E-state index contributed by atoms with van der Waals surface area (Å²) in [6.07, 6.45) is 0.258. The van der Waals surface area contributed by atoms with Crippen LogP contribution in [0.1, 0.15) is 31.9 Å². The number of rotatable bonds is 5. The highest BCUT2D eigenvalue weighted by molar-refractivity contribution is 5.74. The molecule has 1 aromatic carbocycles. The van der Waals surface area contributed by atoms with Crippen LogP contribution in [0.2, 0.25) is 0 Å². The molecule has 16 heavy (non-hydrogen) atoms. The standard InChI is InChI=1S/C12H18N2O2/c1-8(2)16-10-5-3-4-9(6-10)11(13)7-12(14)15/h3-6,8,11H,7,13H2,1-2H3,(H2,14,15). The van der Waals surface area contributed by atoms with Crippen LogP contribution in [0.25, 0.3) is 0 Å². The fraction of sp³-hybridized carbons (Fsp3) is 0.417. The van der Waals surface area contributed by atoms with E-state index in [4.69, 9.17) is 16.2 Å². The van der Waals surface area contributed by atoms with Crippen molar-refractivity contribution in [2.24, 2.45) is 11.5 Å². The maximum atomic E-state index is 10.8. The molecule has 4 heteroatoms. The Labute approximate surface area is 95.6 Å². The second kappa shape index (κ2) is 5.51.